The molecule has 0 atom stereocenters. The van der Waals surface area contributed by atoms with Crippen LogP contribution in [0.25, 0.3) is 28.1 Å². The summed E-state index contributed by atoms with van der Waals surface area (Å²) in [7, 11) is 0. The zero-order valence-corrected chi connectivity index (χ0v) is 14.0. The maximum atomic E-state index is 13.5. The number of para-hydroxylation sites is 1. The molecule has 0 fully saturated rings. The minimum absolute atomic E-state index is 0.150. The van der Waals surface area contributed by atoms with Gasteiger partial charge in [0.15, 0.2) is 0 Å². The second-order valence-corrected chi connectivity index (χ2v) is 5.66. The summed E-state index contributed by atoms with van der Waals surface area (Å²) in [5.74, 6) is 0. The van der Waals surface area contributed by atoms with Crippen molar-refractivity contribution in [3.8, 4) is 34.1 Å². The highest BCUT2D eigenvalue weighted by molar-refractivity contribution is 5.74. The van der Waals surface area contributed by atoms with E-state index in [0.717, 1.165) is 4.57 Å². The van der Waals surface area contributed by atoms with Gasteiger partial charge in [-0.1, -0.05) is 42.4 Å². The van der Waals surface area contributed by atoms with E-state index in [1.54, 1.807) is 54.7 Å². The molecule has 0 aliphatic heterocycles. The summed E-state index contributed by atoms with van der Waals surface area (Å²) in [5, 5.41) is 9.53. The van der Waals surface area contributed by atoms with Crippen LogP contribution < -0.4 is 5.56 Å². The molecule has 0 aliphatic carbocycles. The van der Waals surface area contributed by atoms with E-state index < -0.39 is 35.8 Å². The summed E-state index contributed by atoms with van der Waals surface area (Å²) in [6.07, 6.45) is 2.98. The monoisotopic (exact) mass is 354 g/mol. The van der Waals surface area contributed by atoms with Gasteiger partial charge in [0.1, 0.15) is 0 Å². The number of rotatable bonds is 3. The lowest BCUT2D eigenvalue weighted by Crippen LogP contribution is -2.20. The van der Waals surface area contributed by atoms with Crippen molar-refractivity contribution >= 4 is 0 Å². The Balaban J connectivity index is 2.14. The van der Waals surface area contributed by atoms with Crippen LogP contribution in [-0.4, -0.2) is 9.55 Å². The Labute approximate surface area is 163 Å². The molecule has 0 bridgehead atoms. The van der Waals surface area contributed by atoms with Crippen molar-refractivity contribution < 1.29 is 6.85 Å². The summed E-state index contributed by atoms with van der Waals surface area (Å²) in [4.78, 5) is 17.8. The predicted molar refractivity (Wildman–Crippen MR) is 105 cm³/mol. The first-order chi connectivity index (χ1) is 15.3. The summed E-state index contributed by atoms with van der Waals surface area (Å²) in [5.41, 5.74) is 0.913. The van der Waals surface area contributed by atoms with Crippen LogP contribution in [0, 0.1) is 11.3 Å². The number of nitrogens with zero attached hydrogens (tertiary/aromatic N) is 3. The molecular weight excluding hydrogens is 334 g/mol. The van der Waals surface area contributed by atoms with E-state index in [4.69, 9.17) is 6.85 Å². The Bertz CT molecular complexity index is 1430. The van der Waals surface area contributed by atoms with E-state index in [9.17, 15) is 10.1 Å². The van der Waals surface area contributed by atoms with E-state index in [1.165, 1.54) is 6.20 Å². The number of benzene rings is 2. The topological polar surface area (TPSA) is 58.7 Å². The highest BCUT2D eigenvalue weighted by atomic mass is 16.1. The first-order valence-electron chi connectivity index (χ1n) is 10.6. The van der Waals surface area contributed by atoms with Crippen molar-refractivity contribution in [3.63, 3.8) is 0 Å². The van der Waals surface area contributed by atoms with Gasteiger partial charge in [-0.2, -0.15) is 5.26 Å². The molecule has 0 N–H and O–H groups in total. The van der Waals surface area contributed by atoms with Gasteiger partial charge in [-0.05, 0) is 36.4 Å². The smallest absolute Gasteiger partial charge is 0.263 e. The summed E-state index contributed by atoms with van der Waals surface area (Å²) in [6.45, 7) is 0. The molecule has 4 rings (SSSR count). The van der Waals surface area contributed by atoms with E-state index in [2.05, 4.69) is 11.1 Å². The largest absolute Gasteiger partial charge is 0.283 e. The average Bonchev–Trinajstić information content (AvgIpc) is 2.83. The fourth-order valence-electron chi connectivity index (χ4n) is 2.79. The van der Waals surface area contributed by atoms with Crippen LogP contribution in [-0.2, 0) is 0 Å². The van der Waals surface area contributed by atoms with Gasteiger partial charge in [-0.25, -0.2) is 0 Å². The Morgan fingerprint density at radius 1 is 1.00 bits per heavy atom. The maximum absolute atomic E-state index is 13.5. The summed E-state index contributed by atoms with van der Waals surface area (Å²) in [6, 6.07) is 12.8. The molecule has 27 heavy (non-hydrogen) atoms. The molecule has 4 heteroatoms. The predicted octanol–water partition coefficient (Wildman–Crippen LogP) is 4.44. The molecule has 0 radical (unpaired) electrons. The van der Waals surface area contributed by atoms with E-state index in [1.807, 2.05) is 0 Å². The van der Waals surface area contributed by atoms with Crippen molar-refractivity contribution in [2.75, 3.05) is 0 Å². The maximum Gasteiger partial charge on any atom is 0.263 e. The van der Waals surface area contributed by atoms with Gasteiger partial charge < -0.3 is 0 Å². The molecule has 4 aromatic rings. The van der Waals surface area contributed by atoms with E-state index >= 15 is 0 Å². The van der Waals surface area contributed by atoms with Crippen LogP contribution in [0.3, 0.4) is 0 Å². The Morgan fingerprint density at radius 2 is 1.78 bits per heavy atom. The van der Waals surface area contributed by atoms with E-state index in [-0.39, 0.29) is 16.8 Å². The van der Waals surface area contributed by atoms with Crippen molar-refractivity contribution in [1.29, 1.82) is 5.26 Å². The highest BCUT2D eigenvalue weighted by Crippen LogP contribution is 2.26. The Morgan fingerprint density at radius 3 is 2.52 bits per heavy atom. The summed E-state index contributed by atoms with van der Waals surface area (Å²) < 4.78 is 41.4. The summed E-state index contributed by atoms with van der Waals surface area (Å²) >= 11 is 0. The molecule has 128 valence electrons. The Kier molecular flexibility index (Phi) is 3.05. The number of hydrogen-bond donors (Lipinski definition) is 0. The van der Waals surface area contributed by atoms with Crippen LogP contribution in [0.2, 0.25) is 0 Å². The molecule has 0 aliphatic rings. The molecule has 2 aromatic heterocycles. The number of aromatic nitrogens is 2. The molecule has 0 amide bonds. The zero-order chi connectivity index (χ0) is 23.0. The fraction of sp³-hybridized carbons (Fsp3) is 0. The second-order valence-electron chi connectivity index (χ2n) is 5.66. The average molecular weight is 354 g/mol. The standard InChI is InChI=1S/C23H15N3O/c24-15-17-8-4-5-11-20(17)21-14-18(22-12-6-7-13-25-22)16-26(23(21)27)19-9-2-1-3-10-19/h1-14,16H/i1D,2D,3D,9D,10D. The molecule has 0 unspecified atom stereocenters. The second kappa shape index (κ2) is 7.11. The van der Waals surface area contributed by atoms with Crippen LogP contribution >= 0.6 is 0 Å². The first kappa shape index (κ1) is 11.6. The molecular formula is C23H15N3O. The lowest BCUT2D eigenvalue weighted by molar-refractivity contribution is 0.993. The zero-order valence-electron chi connectivity index (χ0n) is 19.0. The fourth-order valence-corrected chi connectivity index (χ4v) is 2.79. The van der Waals surface area contributed by atoms with Gasteiger partial charge in [-0.3, -0.25) is 14.3 Å². The number of pyridine rings is 2. The van der Waals surface area contributed by atoms with Gasteiger partial charge in [0.2, 0.25) is 0 Å². The number of hydrogen-bond acceptors (Lipinski definition) is 3. The van der Waals surface area contributed by atoms with Crippen molar-refractivity contribution in [3.05, 3.63) is 107 Å². The third-order valence-electron chi connectivity index (χ3n) is 4.04. The lowest BCUT2D eigenvalue weighted by Gasteiger charge is -2.13. The Hall–Kier alpha value is -3.97. The SMILES string of the molecule is [2H]c1c([2H])c([2H])c(-n2cc(-c3ccccn3)cc(-c3ccccc3C#N)c2=O)c([2H])c1[2H]. The third-order valence-corrected chi connectivity index (χ3v) is 4.04. The molecule has 4 nitrogen and oxygen atoms in total. The molecule has 2 heterocycles. The molecule has 0 saturated heterocycles. The minimum atomic E-state index is -0.620. The van der Waals surface area contributed by atoms with Crippen molar-refractivity contribution in [2.24, 2.45) is 0 Å². The van der Waals surface area contributed by atoms with Crippen LogP contribution in [0.4, 0.5) is 0 Å². The lowest BCUT2D eigenvalue weighted by atomic mass is 9.99. The first-order valence-corrected chi connectivity index (χ1v) is 8.10. The third kappa shape index (κ3) is 3.14. The normalized spacial score (nSPS) is 12.9. The minimum Gasteiger partial charge on any atom is -0.283 e. The van der Waals surface area contributed by atoms with Gasteiger partial charge in [0, 0.05) is 34.8 Å². The molecule has 2 aromatic carbocycles. The van der Waals surface area contributed by atoms with Crippen LogP contribution in [0.1, 0.15) is 12.4 Å². The van der Waals surface area contributed by atoms with Gasteiger partial charge in [0.05, 0.1) is 24.2 Å². The van der Waals surface area contributed by atoms with Gasteiger partial charge in [0.25, 0.3) is 5.56 Å². The molecule has 0 spiro atoms. The van der Waals surface area contributed by atoms with Crippen molar-refractivity contribution in [1.82, 2.24) is 9.55 Å². The van der Waals surface area contributed by atoms with Gasteiger partial charge >= 0.3 is 0 Å². The number of nitriles is 1. The quantitative estimate of drug-likeness (QED) is 0.546. The van der Waals surface area contributed by atoms with Crippen LogP contribution in [0.5, 0.6) is 0 Å². The van der Waals surface area contributed by atoms with Crippen LogP contribution in [0.15, 0.2) is 95.9 Å². The van der Waals surface area contributed by atoms with E-state index in [0.29, 0.717) is 16.8 Å². The highest BCUT2D eigenvalue weighted by Gasteiger charge is 2.14. The van der Waals surface area contributed by atoms with Crippen molar-refractivity contribution in [2.45, 2.75) is 0 Å². The van der Waals surface area contributed by atoms with Gasteiger partial charge in [-0.15, -0.1) is 0 Å². The molecule has 0 saturated carbocycles.